The molecule has 3 rings (SSSR count). The first-order valence-electron chi connectivity index (χ1n) is 6.54. The van der Waals surface area contributed by atoms with Crippen molar-refractivity contribution < 1.29 is 5.11 Å². The van der Waals surface area contributed by atoms with Crippen molar-refractivity contribution in [2.75, 3.05) is 0 Å². The molecule has 0 fully saturated rings. The maximum Gasteiger partial charge on any atom is 0.335 e. The zero-order valence-corrected chi connectivity index (χ0v) is 11.3. The second kappa shape index (κ2) is 4.90. The van der Waals surface area contributed by atoms with Crippen LogP contribution in [-0.2, 0) is 6.42 Å². The Morgan fingerprint density at radius 3 is 2.76 bits per heavy atom. The summed E-state index contributed by atoms with van der Waals surface area (Å²) < 4.78 is 1.08. The molecule has 2 heterocycles. The van der Waals surface area contributed by atoms with Crippen molar-refractivity contribution in [2.45, 2.75) is 13.3 Å². The van der Waals surface area contributed by atoms with Crippen molar-refractivity contribution in [2.24, 2.45) is 0 Å². The first-order valence-corrected chi connectivity index (χ1v) is 6.54. The van der Waals surface area contributed by atoms with Gasteiger partial charge in [-0.25, -0.2) is 9.36 Å². The van der Waals surface area contributed by atoms with E-state index in [1.54, 1.807) is 31.3 Å². The van der Waals surface area contributed by atoms with Gasteiger partial charge in [0.15, 0.2) is 0 Å². The summed E-state index contributed by atoms with van der Waals surface area (Å²) in [4.78, 5) is 30.3. The number of benzene rings is 1. The fourth-order valence-corrected chi connectivity index (χ4v) is 2.37. The number of aromatic hydroxyl groups is 1. The number of hydrogen-bond acceptors (Lipinski definition) is 4. The van der Waals surface area contributed by atoms with Crippen molar-refractivity contribution in [3.8, 4) is 11.6 Å². The average Bonchev–Trinajstić information content (AvgIpc) is 2.47. The Kier molecular flexibility index (Phi) is 3.06. The lowest BCUT2D eigenvalue weighted by Gasteiger charge is -2.12. The summed E-state index contributed by atoms with van der Waals surface area (Å²) in [7, 11) is 0. The molecule has 0 saturated heterocycles. The van der Waals surface area contributed by atoms with Crippen LogP contribution in [0.15, 0.2) is 46.1 Å². The minimum Gasteiger partial charge on any atom is -0.494 e. The third-order valence-corrected chi connectivity index (χ3v) is 3.39. The van der Waals surface area contributed by atoms with E-state index in [4.69, 9.17) is 0 Å². The molecule has 2 aromatic heterocycles. The van der Waals surface area contributed by atoms with Crippen LogP contribution in [0.4, 0.5) is 0 Å². The van der Waals surface area contributed by atoms with Crippen LogP contribution in [0.2, 0.25) is 0 Å². The topological polar surface area (TPSA) is 88.0 Å². The van der Waals surface area contributed by atoms with Gasteiger partial charge < -0.3 is 5.11 Å². The average molecular weight is 283 g/mol. The molecule has 6 nitrogen and oxygen atoms in total. The van der Waals surface area contributed by atoms with E-state index in [0.717, 1.165) is 9.95 Å². The molecule has 0 aliphatic heterocycles. The van der Waals surface area contributed by atoms with Crippen LogP contribution in [0.25, 0.3) is 16.6 Å². The smallest absolute Gasteiger partial charge is 0.335 e. The molecule has 0 aliphatic carbocycles. The summed E-state index contributed by atoms with van der Waals surface area (Å²) in [6, 6.07) is 8.95. The largest absolute Gasteiger partial charge is 0.494 e. The zero-order valence-electron chi connectivity index (χ0n) is 11.3. The fourth-order valence-electron chi connectivity index (χ4n) is 2.37. The van der Waals surface area contributed by atoms with Crippen molar-refractivity contribution in [3.05, 3.63) is 62.9 Å². The van der Waals surface area contributed by atoms with E-state index in [2.05, 4.69) is 9.97 Å². The lowest BCUT2D eigenvalue weighted by atomic mass is 10.2. The predicted octanol–water partition coefficient (Wildman–Crippen LogP) is 1.34. The second-order valence-corrected chi connectivity index (χ2v) is 4.60. The highest BCUT2D eigenvalue weighted by Crippen LogP contribution is 2.23. The maximum atomic E-state index is 12.1. The van der Waals surface area contributed by atoms with E-state index in [0.29, 0.717) is 17.6 Å². The van der Waals surface area contributed by atoms with Gasteiger partial charge in [0.25, 0.3) is 5.56 Å². The Morgan fingerprint density at radius 2 is 2.00 bits per heavy atom. The minimum atomic E-state index is -0.687. The van der Waals surface area contributed by atoms with Crippen molar-refractivity contribution >= 4 is 10.9 Å². The number of rotatable bonds is 2. The molecule has 0 atom stereocenters. The summed E-state index contributed by atoms with van der Waals surface area (Å²) in [5.74, 6) is -0.343. The van der Waals surface area contributed by atoms with E-state index in [-0.39, 0.29) is 11.4 Å². The van der Waals surface area contributed by atoms with Gasteiger partial charge in [0, 0.05) is 11.6 Å². The highest BCUT2D eigenvalue weighted by Gasteiger charge is 2.16. The van der Waals surface area contributed by atoms with Crippen LogP contribution in [-0.4, -0.2) is 19.6 Å². The normalized spacial score (nSPS) is 10.9. The van der Waals surface area contributed by atoms with E-state index < -0.39 is 11.2 Å². The molecule has 3 aromatic rings. The molecule has 0 spiro atoms. The number of H-pyrrole nitrogens is 1. The molecule has 1 aromatic carbocycles. The Morgan fingerprint density at radius 1 is 1.24 bits per heavy atom. The summed E-state index contributed by atoms with van der Waals surface area (Å²) in [6.07, 6.45) is 1.93. The van der Waals surface area contributed by atoms with Crippen molar-refractivity contribution in [1.29, 1.82) is 0 Å². The first-order chi connectivity index (χ1) is 10.1. The van der Waals surface area contributed by atoms with Gasteiger partial charge in [-0.2, -0.15) is 0 Å². The number of para-hydroxylation sites is 1. The van der Waals surface area contributed by atoms with Crippen LogP contribution < -0.4 is 11.2 Å². The van der Waals surface area contributed by atoms with E-state index >= 15 is 0 Å². The highest BCUT2D eigenvalue weighted by atomic mass is 16.3. The van der Waals surface area contributed by atoms with Crippen LogP contribution in [0.5, 0.6) is 5.88 Å². The number of pyridine rings is 1. The van der Waals surface area contributed by atoms with Gasteiger partial charge in [-0.3, -0.25) is 14.8 Å². The molecular weight excluding hydrogens is 270 g/mol. The summed E-state index contributed by atoms with van der Waals surface area (Å²) >= 11 is 0. The van der Waals surface area contributed by atoms with Crippen molar-refractivity contribution in [1.82, 2.24) is 14.5 Å². The SMILES string of the molecule is CCc1c(O)n(-c2cccc3cccnc23)c(=O)[nH]c1=O. The number of nitrogens with zero attached hydrogens (tertiary/aromatic N) is 2. The van der Waals surface area contributed by atoms with Crippen LogP contribution in [0, 0.1) is 0 Å². The predicted molar refractivity (Wildman–Crippen MR) is 79.0 cm³/mol. The molecule has 0 amide bonds. The number of nitrogens with one attached hydrogen (secondary N) is 1. The van der Waals surface area contributed by atoms with Gasteiger partial charge in [0.1, 0.15) is 0 Å². The fraction of sp³-hybridized carbons (Fsp3) is 0.133. The van der Waals surface area contributed by atoms with Crippen LogP contribution in [0.1, 0.15) is 12.5 Å². The molecule has 106 valence electrons. The molecule has 21 heavy (non-hydrogen) atoms. The van der Waals surface area contributed by atoms with E-state index in [1.807, 2.05) is 12.1 Å². The standard InChI is InChI=1S/C15H13N3O3/c1-2-10-13(19)17-15(21)18(14(10)20)11-7-3-5-9-6-4-8-16-12(9)11/h3-8,20H,2H2,1H3,(H,17,19,21). The quantitative estimate of drug-likeness (QED) is 0.743. The second-order valence-electron chi connectivity index (χ2n) is 4.60. The van der Waals surface area contributed by atoms with Gasteiger partial charge >= 0.3 is 5.69 Å². The van der Waals surface area contributed by atoms with Gasteiger partial charge in [0.05, 0.1) is 16.8 Å². The minimum absolute atomic E-state index is 0.169. The number of hydrogen-bond donors (Lipinski definition) is 2. The zero-order chi connectivity index (χ0) is 15.0. The lowest BCUT2D eigenvalue weighted by Crippen LogP contribution is -2.31. The monoisotopic (exact) mass is 283 g/mol. The first kappa shape index (κ1) is 13.1. The Hall–Kier alpha value is -2.89. The highest BCUT2D eigenvalue weighted by molar-refractivity contribution is 5.86. The number of aromatic amines is 1. The third kappa shape index (κ3) is 2.01. The Balaban J connectivity index is 2.44. The third-order valence-electron chi connectivity index (χ3n) is 3.39. The molecule has 0 aliphatic rings. The van der Waals surface area contributed by atoms with E-state index in [9.17, 15) is 14.7 Å². The molecule has 0 unspecified atom stereocenters. The van der Waals surface area contributed by atoms with Gasteiger partial charge in [-0.05, 0) is 18.6 Å². The molecule has 0 bridgehead atoms. The Labute approximate surface area is 119 Å². The number of fused-ring (bicyclic) bond motifs is 1. The van der Waals surface area contributed by atoms with Crippen molar-refractivity contribution in [3.63, 3.8) is 0 Å². The summed E-state index contributed by atoms with van der Waals surface area (Å²) in [6.45, 7) is 1.74. The molecule has 6 heteroatoms. The molecular formula is C15H13N3O3. The summed E-state index contributed by atoms with van der Waals surface area (Å²) in [5, 5.41) is 11.1. The Bertz CT molecular complexity index is 936. The molecule has 0 radical (unpaired) electrons. The lowest BCUT2D eigenvalue weighted by molar-refractivity contribution is 0.424. The van der Waals surface area contributed by atoms with Crippen LogP contribution >= 0.6 is 0 Å². The van der Waals surface area contributed by atoms with E-state index in [1.165, 1.54) is 0 Å². The van der Waals surface area contributed by atoms with Crippen LogP contribution in [0.3, 0.4) is 0 Å². The molecule has 0 saturated carbocycles. The summed E-state index contributed by atoms with van der Waals surface area (Å²) in [5.41, 5.74) is -0.0760. The maximum absolute atomic E-state index is 12.1. The number of aromatic nitrogens is 3. The van der Waals surface area contributed by atoms with Gasteiger partial charge in [-0.1, -0.05) is 25.1 Å². The molecule has 2 N–H and O–H groups in total. The van der Waals surface area contributed by atoms with Gasteiger partial charge in [-0.15, -0.1) is 0 Å². The van der Waals surface area contributed by atoms with Gasteiger partial charge in [0.2, 0.25) is 5.88 Å².